The topological polar surface area (TPSA) is 64.8 Å². The fraction of sp³-hybridized carbons (Fsp3) is 0.750. The molecule has 106 valence electrons. The molecule has 0 amide bonds. The van der Waals surface area contributed by atoms with Crippen LogP contribution in [0.25, 0.3) is 0 Å². The Hall–Kier alpha value is -0.840. The highest BCUT2D eigenvalue weighted by Gasteiger charge is 2.24. The van der Waals surface area contributed by atoms with E-state index in [1.807, 2.05) is 25.9 Å². The molecule has 0 bridgehead atoms. The second-order valence-corrected chi connectivity index (χ2v) is 7.38. The van der Waals surface area contributed by atoms with Crippen molar-refractivity contribution in [3.63, 3.8) is 0 Å². The third-order valence-electron chi connectivity index (χ3n) is 2.46. The summed E-state index contributed by atoms with van der Waals surface area (Å²) in [4.78, 5) is 1.95. The largest absolute Gasteiger partial charge is 0.353 e. The van der Waals surface area contributed by atoms with Gasteiger partial charge in [0.15, 0.2) is 4.34 Å². The van der Waals surface area contributed by atoms with Crippen LogP contribution in [0, 0.1) is 11.3 Å². The molecule has 1 rings (SSSR count). The summed E-state index contributed by atoms with van der Waals surface area (Å²) in [6, 6.07) is 2.66. The molecule has 0 aliphatic rings. The summed E-state index contributed by atoms with van der Waals surface area (Å²) in [6.07, 6.45) is 0.781. The van der Waals surface area contributed by atoms with Crippen molar-refractivity contribution in [2.75, 3.05) is 24.7 Å². The molecule has 0 aliphatic carbocycles. The van der Waals surface area contributed by atoms with Gasteiger partial charge in [-0.25, -0.2) is 0 Å². The molecule has 5 nitrogen and oxygen atoms in total. The van der Waals surface area contributed by atoms with Gasteiger partial charge >= 0.3 is 0 Å². The van der Waals surface area contributed by atoms with Crippen LogP contribution in [0.5, 0.6) is 0 Å². The first-order chi connectivity index (χ1) is 8.86. The van der Waals surface area contributed by atoms with Gasteiger partial charge in [-0.3, -0.25) is 5.32 Å². The van der Waals surface area contributed by atoms with E-state index in [1.54, 1.807) is 23.1 Å². The molecule has 0 aliphatic heterocycles. The average Bonchev–Trinajstić information content (AvgIpc) is 2.77. The van der Waals surface area contributed by atoms with Crippen molar-refractivity contribution in [1.82, 2.24) is 15.5 Å². The zero-order chi connectivity index (χ0) is 14.5. The summed E-state index contributed by atoms with van der Waals surface area (Å²) in [6.45, 7) is 6.05. The molecule has 0 spiro atoms. The van der Waals surface area contributed by atoms with Gasteiger partial charge in [0.25, 0.3) is 0 Å². The molecule has 0 saturated carbocycles. The number of rotatable bonds is 7. The molecule has 19 heavy (non-hydrogen) atoms. The van der Waals surface area contributed by atoms with Crippen LogP contribution in [-0.2, 0) is 0 Å². The van der Waals surface area contributed by atoms with E-state index < -0.39 is 5.54 Å². The van der Waals surface area contributed by atoms with Crippen molar-refractivity contribution in [1.29, 1.82) is 5.26 Å². The predicted octanol–water partition coefficient (Wildman–Crippen LogP) is 2.37. The van der Waals surface area contributed by atoms with Gasteiger partial charge in [0.2, 0.25) is 5.13 Å². The van der Waals surface area contributed by atoms with E-state index in [9.17, 15) is 5.26 Å². The summed E-state index contributed by atoms with van der Waals surface area (Å²) in [5, 5.41) is 21.7. The van der Waals surface area contributed by atoms with Gasteiger partial charge in [0.05, 0.1) is 6.07 Å². The van der Waals surface area contributed by atoms with E-state index in [2.05, 4.69) is 35.4 Å². The average molecular weight is 299 g/mol. The zero-order valence-electron chi connectivity index (χ0n) is 12.1. The van der Waals surface area contributed by atoms with Crippen molar-refractivity contribution < 1.29 is 0 Å². The number of hydrogen-bond acceptors (Lipinski definition) is 7. The number of nitriles is 1. The van der Waals surface area contributed by atoms with Crippen LogP contribution in [0.2, 0.25) is 0 Å². The number of nitrogens with one attached hydrogen (secondary N) is 1. The molecule has 0 aromatic carbocycles. The number of thioether (sulfide) groups is 1. The van der Waals surface area contributed by atoms with Crippen LogP contribution in [0.1, 0.15) is 27.2 Å². The van der Waals surface area contributed by atoms with E-state index in [0.29, 0.717) is 6.04 Å². The lowest BCUT2D eigenvalue weighted by Gasteiger charge is -2.25. The van der Waals surface area contributed by atoms with Crippen LogP contribution >= 0.6 is 23.1 Å². The second kappa shape index (κ2) is 7.08. The van der Waals surface area contributed by atoms with Crippen molar-refractivity contribution in [2.45, 2.75) is 43.1 Å². The van der Waals surface area contributed by atoms with Crippen LogP contribution in [0.4, 0.5) is 5.13 Å². The Morgan fingerprint density at radius 2 is 2.16 bits per heavy atom. The molecule has 0 radical (unpaired) electrons. The SMILES string of the molecule is CC(C)NC(C)(C#N)CCSc1nnc(N(C)C)s1. The molecular formula is C12H21N5S2. The Morgan fingerprint density at radius 3 is 2.63 bits per heavy atom. The molecule has 1 heterocycles. The molecule has 1 N–H and O–H groups in total. The monoisotopic (exact) mass is 299 g/mol. The Morgan fingerprint density at radius 1 is 1.47 bits per heavy atom. The number of aromatic nitrogens is 2. The third-order valence-corrected chi connectivity index (χ3v) is 4.69. The Kier molecular flexibility index (Phi) is 6.04. The van der Waals surface area contributed by atoms with E-state index >= 15 is 0 Å². The van der Waals surface area contributed by atoms with Gasteiger partial charge in [0, 0.05) is 25.9 Å². The Balaban J connectivity index is 2.46. The van der Waals surface area contributed by atoms with E-state index in [-0.39, 0.29) is 0 Å². The smallest absolute Gasteiger partial charge is 0.208 e. The van der Waals surface area contributed by atoms with Gasteiger partial charge in [0.1, 0.15) is 5.54 Å². The van der Waals surface area contributed by atoms with E-state index in [0.717, 1.165) is 21.6 Å². The molecular weight excluding hydrogens is 278 g/mol. The van der Waals surface area contributed by atoms with E-state index in [1.165, 1.54) is 0 Å². The lowest BCUT2D eigenvalue weighted by molar-refractivity contribution is 0.397. The highest BCUT2D eigenvalue weighted by molar-refractivity contribution is 8.01. The van der Waals surface area contributed by atoms with Gasteiger partial charge in [-0.1, -0.05) is 23.1 Å². The second-order valence-electron chi connectivity index (χ2n) is 5.09. The van der Waals surface area contributed by atoms with Crippen molar-refractivity contribution in [3.8, 4) is 6.07 Å². The van der Waals surface area contributed by atoms with Crippen molar-refractivity contribution in [2.24, 2.45) is 0 Å². The summed E-state index contributed by atoms with van der Waals surface area (Å²) in [7, 11) is 3.91. The summed E-state index contributed by atoms with van der Waals surface area (Å²) < 4.78 is 0.952. The Bertz CT molecular complexity index is 438. The molecule has 1 unspecified atom stereocenters. The maximum atomic E-state index is 9.25. The fourth-order valence-electron chi connectivity index (χ4n) is 1.58. The van der Waals surface area contributed by atoms with Crippen molar-refractivity contribution in [3.05, 3.63) is 0 Å². The predicted molar refractivity (Wildman–Crippen MR) is 81.9 cm³/mol. The first kappa shape index (κ1) is 16.2. The minimum atomic E-state index is -0.476. The molecule has 1 aromatic rings. The summed E-state index contributed by atoms with van der Waals surface area (Å²) in [5.74, 6) is 0.853. The van der Waals surface area contributed by atoms with Gasteiger partial charge < -0.3 is 4.90 Å². The fourth-order valence-corrected chi connectivity index (χ4v) is 3.58. The Labute approximate surface area is 123 Å². The number of anilines is 1. The van der Waals surface area contributed by atoms with Crippen LogP contribution < -0.4 is 10.2 Å². The first-order valence-electron chi connectivity index (χ1n) is 6.19. The molecule has 7 heteroatoms. The van der Waals surface area contributed by atoms with E-state index in [4.69, 9.17) is 0 Å². The first-order valence-corrected chi connectivity index (χ1v) is 7.99. The number of nitrogens with zero attached hydrogens (tertiary/aromatic N) is 4. The summed E-state index contributed by atoms with van der Waals surface area (Å²) in [5.41, 5.74) is -0.476. The van der Waals surface area contributed by atoms with Crippen LogP contribution in [-0.4, -0.2) is 41.6 Å². The third kappa shape index (κ3) is 5.35. The maximum Gasteiger partial charge on any atom is 0.208 e. The lowest BCUT2D eigenvalue weighted by atomic mass is 10.0. The highest BCUT2D eigenvalue weighted by atomic mass is 32.2. The standard InChI is InChI=1S/C12H21N5S2/c1-9(2)14-12(3,8-13)6-7-18-11-16-15-10(19-11)17(4)5/h9,14H,6-7H2,1-5H3. The highest BCUT2D eigenvalue weighted by Crippen LogP contribution is 2.28. The van der Waals surface area contributed by atoms with Gasteiger partial charge in [-0.15, -0.1) is 10.2 Å². The van der Waals surface area contributed by atoms with Gasteiger partial charge in [-0.05, 0) is 27.2 Å². The molecule has 1 atom stereocenters. The maximum absolute atomic E-state index is 9.25. The number of hydrogen-bond donors (Lipinski definition) is 1. The van der Waals surface area contributed by atoms with Crippen LogP contribution in [0.15, 0.2) is 4.34 Å². The quantitative estimate of drug-likeness (QED) is 0.780. The van der Waals surface area contributed by atoms with Crippen molar-refractivity contribution >= 4 is 28.2 Å². The lowest BCUT2D eigenvalue weighted by Crippen LogP contribution is -2.45. The zero-order valence-corrected chi connectivity index (χ0v) is 13.7. The molecule has 1 aromatic heterocycles. The molecule has 0 fully saturated rings. The van der Waals surface area contributed by atoms with Crippen LogP contribution in [0.3, 0.4) is 0 Å². The minimum absolute atomic E-state index is 0.302. The normalized spacial score (nSPS) is 14.2. The molecule has 0 saturated heterocycles. The van der Waals surface area contributed by atoms with Gasteiger partial charge in [-0.2, -0.15) is 5.26 Å². The summed E-state index contributed by atoms with van der Waals surface area (Å²) >= 11 is 3.23. The minimum Gasteiger partial charge on any atom is -0.353 e.